The molecule has 0 spiro atoms. The van der Waals surface area contributed by atoms with Crippen LogP contribution in [0.5, 0.6) is 17.4 Å². The second-order valence-corrected chi connectivity index (χ2v) is 4.25. The Morgan fingerprint density at radius 2 is 2.10 bits per heavy atom. The Morgan fingerprint density at radius 3 is 2.81 bits per heavy atom. The second kappa shape index (κ2) is 5.35. The number of carboxylic acid groups (broad SMARTS) is 1. The Bertz CT molecular complexity index is 678. The normalized spacial score (nSPS) is 13.0. The highest BCUT2D eigenvalue weighted by Gasteiger charge is 2.23. The van der Waals surface area contributed by atoms with Crippen LogP contribution in [0.1, 0.15) is 17.4 Å². The summed E-state index contributed by atoms with van der Waals surface area (Å²) in [6, 6.07) is 5.15. The number of ether oxygens (including phenoxy) is 3. The number of hydrogen-bond acceptors (Lipinski definition) is 6. The molecule has 3 rings (SSSR count). The fraction of sp³-hybridized carbons (Fsp3) is 0.286. The van der Waals surface area contributed by atoms with Gasteiger partial charge in [-0.3, -0.25) is 0 Å². The van der Waals surface area contributed by atoms with Gasteiger partial charge in [0.2, 0.25) is 11.6 Å². The number of carboxylic acids is 1. The highest BCUT2D eigenvalue weighted by atomic mass is 16.6. The fourth-order valence-electron chi connectivity index (χ4n) is 1.97. The van der Waals surface area contributed by atoms with Crippen LogP contribution < -0.4 is 14.2 Å². The molecule has 2 aromatic rings. The largest absolute Gasteiger partial charge is 0.486 e. The predicted molar refractivity (Wildman–Crippen MR) is 71.1 cm³/mol. The van der Waals surface area contributed by atoms with Crippen molar-refractivity contribution in [3.63, 3.8) is 0 Å². The van der Waals surface area contributed by atoms with Gasteiger partial charge in [0, 0.05) is 5.56 Å². The van der Waals surface area contributed by atoms with Crippen molar-refractivity contribution in [1.29, 1.82) is 0 Å². The SMILES string of the molecule is CCOc1oc(-c2ccc3c(c2)OCCO3)nc1C(=O)O. The first kappa shape index (κ1) is 13.3. The molecule has 0 bridgehead atoms. The van der Waals surface area contributed by atoms with Crippen molar-refractivity contribution in [2.45, 2.75) is 6.92 Å². The Kier molecular flexibility index (Phi) is 3.39. The second-order valence-electron chi connectivity index (χ2n) is 4.25. The molecule has 2 heterocycles. The minimum atomic E-state index is -1.20. The molecule has 0 fully saturated rings. The summed E-state index contributed by atoms with van der Waals surface area (Å²) in [6.07, 6.45) is 0. The Morgan fingerprint density at radius 1 is 1.33 bits per heavy atom. The van der Waals surface area contributed by atoms with Gasteiger partial charge in [0.15, 0.2) is 11.5 Å². The van der Waals surface area contributed by atoms with Crippen molar-refractivity contribution in [2.75, 3.05) is 19.8 Å². The summed E-state index contributed by atoms with van der Waals surface area (Å²) in [7, 11) is 0. The van der Waals surface area contributed by atoms with E-state index in [1.807, 2.05) is 0 Å². The highest BCUT2D eigenvalue weighted by molar-refractivity contribution is 5.88. The van der Waals surface area contributed by atoms with Crippen LogP contribution in [-0.2, 0) is 0 Å². The smallest absolute Gasteiger partial charge is 0.362 e. The number of benzene rings is 1. The molecule has 0 amide bonds. The first-order chi connectivity index (χ1) is 10.2. The van der Waals surface area contributed by atoms with Crippen LogP contribution in [0.25, 0.3) is 11.5 Å². The van der Waals surface area contributed by atoms with E-state index in [0.717, 1.165) is 0 Å². The highest BCUT2D eigenvalue weighted by Crippen LogP contribution is 2.35. The van der Waals surface area contributed by atoms with Crippen molar-refractivity contribution in [2.24, 2.45) is 0 Å². The van der Waals surface area contributed by atoms with Gasteiger partial charge in [-0.1, -0.05) is 0 Å². The van der Waals surface area contributed by atoms with Crippen molar-refractivity contribution in [1.82, 2.24) is 4.98 Å². The third-order valence-corrected chi connectivity index (χ3v) is 2.86. The summed E-state index contributed by atoms with van der Waals surface area (Å²) in [6.45, 7) is 2.99. The summed E-state index contributed by atoms with van der Waals surface area (Å²) in [5.74, 6) is 0.0699. The van der Waals surface area contributed by atoms with E-state index in [1.165, 1.54) is 0 Å². The predicted octanol–water partition coefficient (Wildman–Crippen LogP) is 2.21. The Labute approximate surface area is 120 Å². The lowest BCUT2D eigenvalue weighted by atomic mass is 10.2. The van der Waals surface area contributed by atoms with Crippen molar-refractivity contribution >= 4 is 5.97 Å². The van der Waals surface area contributed by atoms with Crippen molar-refractivity contribution in [3.8, 4) is 28.9 Å². The monoisotopic (exact) mass is 291 g/mol. The number of aromatic carboxylic acids is 1. The molecule has 1 N–H and O–H groups in total. The van der Waals surface area contributed by atoms with E-state index in [9.17, 15) is 4.79 Å². The van der Waals surface area contributed by atoms with Gasteiger partial charge in [-0.05, 0) is 25.1 Å². The van der Waals surface area contributed by atoms with Crippen LogP contribution in [0.3, 0.4) is 0 Å². The summed E-state index contributed by atoms with van der Waals surface area (Å²) < 4.78 is 21.4. The van der Waals surface area contributed by atoms with Crippen molar-refractivity contribution in [3.05, 3.63) is 23.9 Å². The fourth-order valence-corrected chi connectivity index (χ4v) is 1.97. The van der Waals surface area contributed by atoms with Gasteiger partial charge in [-0.15, -0.1) is 0 Å². The topological polar surface area (TPSA) is 91.0 Å². The molecule has 7 nitrogen and oxygen atoms in total. The van der Waals surface area contributed by atoms with E-state index in [4.69, 9.17) is 23.7 Å². The van der Waals surface area contributed by atoms with E-state index in [2.05, 4.69) is 4.98 Å². The Hall–Kier alpha value is -2.70. The zero-order valence-electron chi connectivity index (χ0n) is 11.3. The molecule has 0 radical (unpaired) electrons. The number of nitrogens with zero attached hydrogens (tertiary/aromatic N) is 1. The molecule has 0 atom stereocenters. The van der Waals surface area contributed by atoms with Crippen LogP contribution in [0.4, 0.5) is 0 Å². The first-order valence-electron chi connectivity index (χ1n) is 6.46. The van der Waals surface area contributed by atoms with Gasteiger partial charge >= 0.3 is 11.9 Å². The summed E-state index contributed by atoms with van der Waals surface area (Å²) in [5.41, 5.74) is 0.342. The average molecular weight is 291 g/mol. The molecule has 0 aliphatic carbocycles. The van der Waals surface area contributed by atoms with Gasteiger partial charge in [0.05, 0.1) is 6.61 Å². The van der Waals surface area contributed by atoms with Gasteiger partial charge < -0.3 is 23.7 Å². The molecule has 0 saturated heterocycles. The molecule has 1 aliphatic rings. The lowest BCUT2D eigenvalue weighted by Crippen LogP contribution is -2.15. The van der Waals surface area contributed by atoms with Crippen molar-refractivity contribution < 1.29 is 28.5 Å². The molecule has 0 unspecified atom stereocenters. The zero-order valence-corrected chi connectivity index (χ0v) is 11.3. The minimum absolute atomic E-state index is 0.102. The maximum absolute atomic E-state index is 11.1. The van der Waals surface area contributed by atoms with Gasteiger partial charge in [0.25, 0.3) is 0 Å². The van der Waals surface area contributed by atoms with Crippen LogP contribution >= 0.6 is 0 Å². The molecule has 1 aromatic carbocycles. The molecule has 7 heteroatoms. The molecular formula is C14H13NO6. The lowest BCUT2D eigenvalue weighted by Gasteiger charge is -2.18. The lowest BCUT2D eigenvalue weighted by molar-refractivity contribution is 0.0683. The molecule has 1 aliphatic heterocycles. The van der Waals surface area contributed by atoms with Gasteiger partial charge in [0.1, 0.15) is 13.2 Å². The number of rotatable bonds is 4. The van der Waals surface area contributed by atoms with Crippen LogP contribution in [-0.4, -0.2) is 35.9 Å². The summed E-state index contributed by atoms with van der Waals surface area (Å²) >= 11 is 0. The van der Waals surface area contributed by atoms with E-state index >= 15 is 0 Å². The average Bonchev–Trinajstić information content (AvgIpc) is 2.91. The molecule has 21 heavy (non-hydrogen) atoms. The standard InChI is InChI=1S/C14H13NO6/c1-2-18-14-11(13(16)17)15-12(21-14)8-3-4-9-10(7-8)20-6-5-19-9/h3-4,7H,2,5-6H2,1H3,(H,16,17). The number of oxazole rings is 1. The quantitative estimate of drug-likeness (QED) is 0.923. The Balaban J connectivity index is 2.00. The number of fused-ring (bicyclic) bond motifs is 1. The van der Waals surface area contributed by atoms with Crippen LogP contribution in [0, 0.1) is 0 Å². The molecule has 0 saturated carbocycles. The minimum Gasteiger partial charge on any atom is -0.486 e. The molecule has 1 aromatic heterocycles. The zero-order chi connectivity index (χ0) is 14.8. The van der Waals surface area contributed by atoms with E-state index in [-0.39, 0.29) is 24.1 Å². The molecular weight excluding hydrogens is 278 g/mol. The molecule has 110 valence electrons. The first-order valence-corrected chi connectivity index (χ1v) is 6.46. The number of aromatic nitrogens is 1. The third-order valence-electron chi connectivity index (χ3n) is 2.86. The maximum Gasteiger partial charge on any atom is 0.362 e. The summed E-state index contributed by atoms with van der Waals surface area (Å²) in [5, 5.41) is 9.10. The number of hydrogen-bond donors (Lipinski definition) is 1. The van der Waals surface area contributed by atoms with Crippen LogP contribution in [0.2, 0.25) is 0 Å². The number of carbonyl (C=O) groups is 1. The van der Waals surface area contributed by atoms with Gasteiger partial charge in [-0.25, -0.2) is 4.79 Å². The van der Waals surface area contributed by atoms with Gasteiger partial charge in [-0.2, -0.15) is 4.98 Å². The van der Waals surface area contributed by atoms with E-state index in [0.29, 0.717) is 30.3 Å². The maximum atomic E-state index is 11.1. The van der Waals surface area contributed by atoms with E-state index < -0.39 is 5.97 Å². The summed E-state index contributed by atoms with van der Waals surface area (Å²) in [4.78, 5) is 15.1. The third kappa shape index (κ3) is 2.49. The van der Waals surface area contributed by atoms with E-state index in [1.54, 1.807) is 25.1 Å². The van der Waals surface area contributed by atoms with Crippen LogP contribution in [0.15, 0.2) is 22.6 Å².